The van der Waals surface area contributed by atoms with E-state index in [0.717, 1.165) is 6.42 Å². The van der Waals surface area contributed by atoms with Gasteiger partial charge in [0.05, 0.1) is 18.8 Å². The quantitative estimate of drug-likeness (QED) is 0.337. The fourth-order valence-corrected chi connectivity index (χ4v) is 4.73. The molecule has 2 fully saturated rings. The summed E-state index contributed by atoms with van der Waals surface area (Å²) in [4.78, 5) is 0. The third kappa shape index (κ3) is 5.19. The van der Waals surface area contributed by atoms with Crippen LogP contribution in [-0.2, 0) is 9.47 Å². The summed E-state index contributed by atoms with van der Waals surface area (Å²) in [6, 6.07) is 0. The van der Waals surface area contributed by atoms with Gasteiger partial charge in [-0.05, 0) is 49.9 Å². The summed E-state index contributed by atoms with van der Waals surface area (Å²) < 4.78 is 11.4. The van der Waals surface area contributed by atoms with E-state index in [1.165, 1.54) is 0 Å². The van der Waals surface area contributed by atoms with Crippen molar-refractivity contribution in [3.63, 3.8) is 0 Å². The number of aliphatic hydroxyl groups excluding tert-OH is 6. The molecule has 1 saturated carbocycles. The number of ether oxygens (including phenoxy) is 2. The molecule has 0 unspecified atom stereocenters. The summed E-state index contributed by atoms with van der Waals surface area (Å²) in [7, 11) is 0. The van der Waals surface area contributed by atoms with Gasteiger partial charge >= 0.3 is 0 Å². The summed E-state index contributed by atoms with van der Waals surface area (Å²) in [5.74, 6) is 0.455. The van der Waals surface area contributed by atoms with Crippen LogP contribution in [0.1, 0.15) is 46.5 Å². The van der Waals surface area contributed by atoms with Crippen LogP contribution in [0.25, 0.3) is 0 Å². The Bertz CT molecular complexity index is 459. The van der Waals surface area contributed by atoms with Gasteiger partial charge in [0.15, 0.2) is 6.29 Å². The molecule has 160 valence electrons. The van der Waals surface area contributed by atoms with Crippen LogP contribution in [0.5, 0.6) is 0 Å². The monoisotopic (exact) mass is 392 g/mol. The molecule has 0 amide bonds. The van der Waals surface area contributed by atoms with E-state index in [0.29, 0.717) is 19.3 Å². The lowest BCUT2D eigenvalue weighted by molar-refractivity contribution is -0.317. The van der Waals surface area contributed by atoms with E-state index in [9.17, 15) is 30.6 Å². The lowest BCUT2D eigenvalue weighted by Crippen LogP contribution is -2.60. The molecule has 27 heavy (non-hydrogen) atoms. The van der Waals surface area contributed by atoms with Crippen LogP contribution in [0.3, 0.4) is 0 Å². The summed E-state index contributed by atoms with van der Waals surface area (Å²) in [5.41, 5.74) is -0.397. The van der Waals surface area contributed by atoms with E-state index in [1.807, 2.05) is 6.92 Å². The maximum absolute atomic E-state index is 10.2. The molecule has 10 atom stereocenters. The molecule has 0 radical (unpaired) electrons. The van der Waals surface area contributed by atoms with Crippen molar-refractivity contribution < 1.29 is 40.1 Å². The molecule has 8 heteroatoms. The molecule has 1 heterocycles. The van der Waals surface area contributed by atoms with E-state index in [1.54, 1.807) is 6.92 Å². The average Bonchev–Trinajstić information content (AvgIpc) is 2.61. The van der Waals surface area contributed by atoms with Crippen molar-refractivity contribution in [2.45, 2.75) is 89.4 Å². The van der Waals surface area contributed by atoms with E-state index in [-0.39, 0.29) is 30.7 Å². The highest BCUT2D eigenvalue weighted by Gasteiger charge is 2.48. The second-order valence-corrected chi connectivity index (χ2v) is 8.72. The topological polar surface area (TPSA) is 140 Å². The SMILES string of the molecule is C[C@@H]1C[C@H](O[C@@H]2O[C@H](CO)[C@@H](O)[C@H](O)[C@H]2O)C[C@](C)(CO)[C@H]1CC[C@@H](C)O. The molecular weight excluding hydrogens is 356 g/mol. The van der Waals surface area contributed by atoms with Gasteiger partial charge in [0, 0.05) is 6.61 Å². The summed E-state index contributed by atoms with van der Waals surface area (Å²) >= 11 is 0. The zero-order valence-electron chi connectivity index (χ0n) is 16.4. The van der Waals surface area contributed by atoms with Gasteiger partial charge in [-0.3, -0.25) is 0 Å². The maximum atomic E-state index is 10.2. The zero-order valence-corrected chi connectivity index (χ0v) is 16.4. The lowest BCUT2D eigenvalue weighted by atomic mass is 9.61. The fourth-order valence-electron chi connectivity index (χ4n) is 4.73. The molecule has 0 aromatic rings. The van der Waals surface area contributed by atoms with Crippen LogP contribution < -0.4 is 0 Å². The number of aliphatic hydroxyl groups is 6. The number of hydrogen-bond donors (Lipinski definition) is 6. The van der Waals surface area contributed by atoms with Crippen molar-refractivity contribution in [1.29, 1.82) is 0 Å². The van der Waals surface area contributed by atoms with Gasteiger partial charge in [-0.2, -0.15) is 0 Å². The van der Waals surface area contributed by atoms with E-state index in [2.05, 4.69) is 6.92 Å². The molecule has 8 nitrogen and oxygen atoms in total. The molecule has 2 rings (SSSR count). The van der Waals surface area contributed by atoms with Crippen molar-refractivity contribution in [1.82, 2.24) is 0 Å². The van der Waals surface area contributed by atoms with Gasteiger partial charge in [-0.25, -0.2) is 0 Å². The minimum absolute atomic E-state index is 0.0175. The Hall–Kier alpha value is -0.320. The van der Waals surface area contributed by atoms with Crippen LogP contribution in [0.2, 0.25) is 0 Å². The average molecular weight is 392 g/mol. The van der Waals surface area contributed by atoms with Crippen molar-refractivity contribution >= 4 is 0 Å². The Balaban J connectivity index is 2.05. The molecule has 1 aliphatic carbocycles. The Morgan fingerprint density at radius 1 is 1.15 bits per heavy atom. The first-order chi connectivity index (χ1) is 12.6. The van der Waals surface area contributed by atoms with Gasteiger partial charge in [0.2, 0.25) is 0 Å². The van der Waals surface area contributed by atoms with Crippen molar-refractivity contribution in [2.75, 3.05) is 13.2 Å². The minimum Gasteiger partial charge on any atom is -0.396 e. The number of hydrogen-bond acceptors (Lipinski definition) is 8. The first-order valence-corrected chi connectivity index (χ1v) is 9.87. The molecule has 0 spiro atoms. The Labute approximate surface area is 160 Å². The largest absolute Gasteiger partial charge is 0.396 e. The molecule has 1 saturated heterocycles. The van der Waals surface area contributed by atoms with Gasteiger partial charge in [-0.1, -0.05) is 13.8 Å². The molecule has 0 aromatic carbocycles. The lowest BCUT2D eigenvalue weighted by Gasteiger charge is -2.49. The molecule has 0 aromatic heterocycles. The molecule has 1 aliphatic heterocycles. The fraction of sp³-hybridized carbons (Fsp3) is 1.00. The van der Waals surface area contributed by atoms with Crippen LogP contribution >= 0.6 is 0 Å². The predicted molar refractivity (Wildman–Crippen MR) is 96.6 cm³/mol. The normalized spacial score (nSPS) is 47.0. The first-order valence-electron chi connectivity index (χ1n) is 9.87. The summed E-state index contributed by atoms with van der Waals surface area (Å²) in [6.07, 6.45) is -4.44. The molecular formula is C19H36O8. The first kappa shape index (κ1) is 23.0. The Morgan fingerprint density at radius 3 is 2.37 bits per heavy atom. The maximum Gasteiger partial charge on any atom is 0.186 e. The summed E-state index contributed by atoms with van der Waals surface area (Å²) in [6.45, 7) is 5.33. The van der Waals surface area contributed by atoms with Crippen LogP contribution in [-0.4, -0.2) is 86.8 Å². The Morgan fingerprint density at radius 2 is 1.81 bits per heavy atom. The second-order valence-electron chi connectivity index (χ2n) is 8.72. The van der Waals surface area contributed by atoms with Crippen molar-refractivity contribution in [3.05, 3.63) is 0 Å². The smallest absolute Gasteiger partial charge is 0.186 e. The van der Waals surface area contributed by atoms with Gasteiger partial charge in [0.25, 0.3) is 0 Å². The highest BCUT2D eigenvalue weighted by atomic mass is 16.7. The highest BCUT2D eigenvalue weighted by molar-refractivity contribution is 4.95. The standard InChI is InChI=1S/C19H36O8/c1-10-6-12(7-19(3,9-21)13(10)5-4-11(2)22)26-18-17(25)16(24)15(23)14(8-20)27-18/h10-18,20-25H,4-9H2,1-3H3/t10-,11-,12+,13+,14-,15-,16+,17-,18-,19-/m1/s1. The van der Waals surface area contributed by atoms with Crippen LogP contribution in [0.4, 0.5) is 0 Å². The van der Waals surface area contributed by atoms with E-state index < -0.39 is 42.7 Å². The third-order valence-electron chi connectivity index (χ3n) is 6.34. The molecule has 2 aliphatic rings. The highest BCUT2D eigenvalue weighted by Crippen LogP contribution is 2.47. The zero-order chi connectivity index (χ0) is 20.4. The van der Waals surface area contributed by atoms with Crippen LogP contribution in [0, 0.1) is 17.3 Å². The van der Waals surface area contributed by atoms with Crippen molar-refractivity contribution in [2.24, 2.45) is 17.3 Å². The molecule has 6 N–H and O–H groups in total. The minimum atomic E-state index is -1.47. The second kappa shape index (κ2) is 9.45. The van der Waals surface area contributed by atoms with E-state index in [4.69, 9.17) is 9.47 Å². The van der Waals surface area contributed by atoms with Crippen LogP contribution in [0.15, 0.2) is 0 Å². The van der Waals surface area contributed by atoms with Gasteiger partial charge in [-0.15, -0.1) is 0 Å². The van der Waals surface area contributed by atoms with Gasteiger partial charge in [0.1, 0.15) is 24.4 Å². The Kier molecular flexibility index (Phi) is 8.04. The predicted octanol–water partition coefficient (Wildman–Crippen LogP) is -0.623. The summed E-state index contributed by atoms with van der Waals surface area (Å²) in [5, 5.41) is 58.9. The van der Waals surface area contributed by atoms with Gasteiger partial charge < -0.3 is 40.1 Å². The van der Waals surface area contributed by atoms with Crippen molar-refractivity contribution in [3.8, 4) is 0 Å². The number of rotatable bonds is 7. The molecule has 0 bridgehead atoms. The third-order valence-corrected chi connectivity index (χ3v) is 6.34. The van der Waals surface area contributed by atoms with E-state index >= 15 is 0 Å².